The molecule has 2 N–H and O–H groups in total. The highest BCUT2D eigenvalue weighted by Crippen LogP contribution is 2.27. The van der Waals surface area contributed by atoms with Gasteiger partial charge in [0.05, 0.1) is 12.7 Å². The van der Waals surface area contributed by atoms with Gasteiger partial charge in [0, 0.05) is 29.2 Å². The summed E-state index contributed by atoms with van der Waals surface area (Å²) in [5, 5.41) is 0. The molecule has 0 aromatic heterocycles. The summed E-state index contributed by atoms with van der Waals surface area (Å²) in [5.74, 6) is -0.418. The molecule has 1 atom stereocenters. The molecule has 0 spiro atoms. The van der Waals surface area contributed by atoms with Crippen LogP contribution in [0.25, 0.3) is 0 Å². The number of amides is 1. The van der Waals surface area contributed by atoms with Crippen LogP contribution in [-0.2, 0) is 9.53 Å². The first kappa shape index (κ1) is 13.0. The number of halogens is 1. The second-order valence-electron chi connectivity index (χ2n) is 4.12. The van der Waals surface area contributed by atoms with E-state index in [-0.39, 0.29) is 11.9 Å². The van der Waals surface area contributed by atoms with Crippen molar-refractivity contribution in [1.29, 1.82) is 0 Å². The van der Waals surface area contributed by atoms with Crippen molar-refractivity contribution in [3.63, 3.8) is 0 Å². The third-order valence-electron chi connectivity index (χ3n) is 2.82. The van der Waals surface area contributed by atoms with Gasteiger partial charge in [-0.25, -0.2) is 4.79 Å². The number of nitrogens with two attached hydrogens (primary N) is 1. The first-order valence-corrected chi connectivity index (χ1v) is 6.26. The highest BCUT2D eigenvalue weighted by Gasteiger charge is 2.28. The van der Waals surface area contributed by atoms with Crippen molar-refractivity contribution in [2.24, 2.45) is 5.73 Å². The monoisotopic (exact) mass is 312 g/mol. The number of benzene rings is 1. The van der Waals surface area contributed by atoms with Crippen LogP contribution in [0.2, 0.25) is 0 Å². The molecule has 1 aromatic carbocycles. The maximum Gasteiger partial charge on any atom is 0.339 e. The normalized spacial score (nSPS) is 19.2. The summed E-state index contributed by atoms with van der Waals surface area (Å²) in [5.41, 5.74) is 6.90. The molecule has 0 bridgehead atoms. The van der Waals surface area contributed by atoms with Gasteiger partial charge in [-0.1, -0.05) is 0 Å². The molecule has 1 heterocycles. The van der Waals surface area contributed by atoms with Crippen molar-refractivity contribution in [3.05, 3.63) is 28.2 Å². The van der Waals surface area contributed by atoms with Crippen LogP contribution < -0.4 is 10.6 Å². The summed E-state index contributed by atoms with van der Waals surface area (Å²) in [6.07, 6.45) is 0.358. The highest BCUT2D eigenvalue weighted by molar-refractivity contribution is 9.10. The van der Waals surface area contributed by atoms with Gasteiger partial charge in [0.1, 0.15) is 0 Å². The van der Waals surface area contributed by atoms with Crippen LogP contribution in [0.5, 0.6) is 0 Å². The standard InChI is InChI=1S/C12H13BrN2O3/c1-18-12(17)9-3-2-8(5-10(9)13)15-6-7(14)4-11(15)16/h2-3,5,7H,4,6,14H2,1H3. The molecular weight excluding hydrogens is 300 g/mol. The number of nitrogens with zero attached hydrogens (tertiary/aromatic N) is 1. The topological polar surface area (TPSA) is 72.6 Å². The zero-order valence-corrected chi connectivity index (χ0v) is 11.4. The fourth-order valence-corrected chi connectivity index (χ4v) is 2.46. The van der Waals surface area contributed by atoms with E-state index in [4.69, 9.17) is 5.73 Å². The molecule has 1 saturated heterocycles. The number of anilines is 1. The molecule has 0 saturated carbocycles. The van der Waals surface area contributed by atoms with Gasteiger partial charge in [-0.05, 0) is 34.1 Å². The number of esters is 1. The van der Waals surface area contributed by atoms with Gasteiger partial charge in [-0.15, -0.1) is 0 Å². The molecule has 1 aromatic rings. The lowest BCUT2D eigenvalue weighted by molar-refractivity contribution is -0.117. The number of hydrogen-bond acceptors (Lipinski definition) is 4. The fraction of sp³-hybridized carbons (Fsp3) is 0.333. The Labute approximate surface area is 113 Å². The van der Waals surface area contributed by atoms with Gasteiger partial charge in [-0.3, -0.25) is 4.79 Å². The van der Waals surface area contributed by atoms with Gasteiger partial charge in [0.25, 0.3) is 0 Å². The van der Waals surface area contributed by atoms with E-state index in [1.165, 1.54) is 7.11 Å². The van der Waals surface area contributed by atoms with Gasteiger partial charge in [-0.2, -0.15) is 0 Å². The number of carbonyl (C=O) groups is 2. The summed E-state index contributed by atoms with van der Waals surface area (Å²) >= 11 is 3.30. The highest BCUT2D eigenvalue weighted by atomic mass is 79.9. The number of hydrogen-bond donors (Lipinski definition) is 1. The first-order chi connectivity index (χ1) is 8.52. The minimum absolute atomic E-state index is 0.000202. The van der Waals surface area contributed by atoms with Crippen LogP contribution in [0.3, 0.4) is 0 Å². The smallest absolute Gasteiger partial charge is 0.339 e. The minimum Gasteiger partial charge on any atom is -0.465 e. The predicted molar refractivity (Wildman–Crippen MR) is 70.4 cm³/mol. The lowest BCUT2D eigenvalue weighted by Gasteiger charge is -2.17. The van der Waals surface area contributed by atoms with Crippen LogP contribution in [0.4, 0.5) is 5.69 Å². The van der Waals surface area contributed by atoms with Crippen molar-refractivity contribution in [1.82, 2.24) is 0 Å². The Kier molecular flexibility index (Phi) is 3.68. The predicted octanol–water partition coefficient (Wildman–Crippen LogP) is 1.30. The van der Waals surface area contributed by atoms with Crippen molar-refractivity contribution in [3.8, 4) is 0 Å². The van der Waals surface area contributed by atoms with Crippen LogP contribution in [0.15, 0.2) is 22.7 Å². The number of rotatable bonds is 2. The average molecular weight is 313 g/mol. The number of methoxy groups -OCH3 is 1. The molecule has 96 valence electrons. The quantitative estimate of drug-likeness (QED) is 0.835. The molecule has 0 radical (unpaired) electrons. The van der Waals surface area contributed by atoms with Crippen LogP contribution in [-0.4, -0.2) is 31.6 Å². The third kappa shape index (κ3) is 2.39. The summed E-state index contributed by atoms with van der Waals surface area (Å²) in [4.78, 5) is 24.8. The molecule has 1 amide bonds. The van der Waals surface area contributed by atoms with E-state index in [2.05, 4.69) is 20.7 Å². The number of ether oxygens (including phenoxy) is 1. The Morgan fingerprint density at radius 2 is 2.28 bits per heavy atom. The summed E-state index contributed by atoms with van der Waals surface area (Å²) in [6, 6.07) is 4.94. The maximum atomic E-state index is 11.7. The Balaban J connectivity index is 2.29. The molecule has 1 unspecified atom stereocenters. The largest absolute Gasteiger partial charge is 0.465 e. The van der Waals surface area contributed by atoms with Gasteiger partial charge >= 0.3 is 5.97 Å². The molecular formula is C12H13BrN2O3. The van der Waals surface area contributed by atoms with Crippen LogP contribution in [0, 0.1) is 0 Å². The molecule has 1 aliphatic heterocycles. The molecule has 5 nitrogen and oxygen atoms in total. The van der Waals surface area contributed by atoms with Crippen molar-refractivity contribution in [2.75, 3.05) is 18.6 Å². The van der Waals surface area contributed by atoms with Gasteiger partial charge in [0.2, 0.25) is 5.91 Å². The molecule has 2 rings (SSSR count). The zero-order valence-electron chi connectivity index (χ0n) is 9.85. The van der Waals surface area contributed by atoms with Crippen molar-refractivity contribution >= 4 is 33.5 Å². The maximum absolute atomic E-state index is 11.7. The average Bonchev–Trinajstić information content (AvgIpc) is 2.67. The molecule has 6 heteroatoms. The van der Waals surface area contributed by atoms with Crippen molar-refractivity contribution < 1.29 is 14.3 Å². The molecule has 1 aliphatic rings. The number of carbonyl (C=O) groups excluding carboxylic acids is 2. The second kappa shape index (κ2) is 5.07. The fourth-order valence-electron chi connectivity index (χ4n) is 1.93. The van der Waals surface area contributed by atoms with E-state index in [0.717, 1.165) is 5.69 Å². The van der Waals surface area contributed by atoms with Gasteiger partial charge < -0.3 is 15.4 Å². The van der Waals surface area contributed by atoms with Crippen LogP contribution in [0.1, 0.15) is 16.8 Å². The van der Waals surface area contributed by atoms with Crippen LogP contribution >= 0.6 is 15.9 Å². The Morgan fingerprint density at radius 3 is 2.78 bits per heavy atom. The summed E-state index contributed by atoms with van der Waals surface area (Å²) in [7, 11) is 1.33. The van der Waals surface area contributed by atoms with E-state index >= 15 is 0 Å². The Hall–Kier alpha value is -1.40. The summed E-state index contributed by atoms with van der Waals surface area (Å²) < 4.78 is 5.25. The third-order valence-corrected chi connectivity index (χ3v) is 3.48. The Bertz CT molecular complexity index is 504. The first-order valence-electron chi connectivity index (χ1n) is 5.46. The lowest BCUT2D eigenvalue weighted by atomic mass is 10.2. The Morgan fingerprint density at radius 1 is 1.56 bits per heavy atom. The van der Waals surface area contributed by atoms with E-state index in [9.17, 15) is 9.59 Å². The van der Waals surface area contributed by atoms with E-state index in [1.807, 2.05) is 0 Å². The molecule has 1 fully saturated rings. The van der Waals surface area contributed by atoms with Crippen molar-refractivity contribution in [2.45, 2.75) is 12.5 Å². The summed E-state index contributed by atoms with van der Waals surface area (Å²) in [6.45, 7) is 0.503. The zero-order chi connectivity index (χ0) is 13.3. The lowest BCUT2D eigenvalue weighted by Crippen LogP contribution is -2.28. The SMILES string of the molecule is COC(=O)c1ccc(N2CC(N)CC2=O)cc1Br. The van der Waals surface area contributed by atoms with E-state index in [1.54, 1.807) is 23.1 Å². The van der Waals surface area contributed by atoms with E-state index in [0.29, 0.717) is 23.0 Å². The molecule has 18 heavy (non-hydrogen) atoms. The van der Waals surface area contributed by atoms with Gasteiger partial charge in [0.15, 0.2) is 0 Å². The second-order valence-corrected chi connectivity index (χ2v) is 4.98. The minimum atomic E-state index is -0.419. The molecule has 0 aliphatic carbocycles. The van der Waals surface area contributed by atoms with E-state index < -0.39 is 5.97 Å².